The van der Waals surface area contributed by atoms with Crippen LogP contribution >= 0.6 is 0 Å². The summed E-state index contributed by atoms with van der Waals surface area (Å²) in [5.41, 5.74) is 3.32. The van der Waals surface area contributed by atoms with Crippen LogP contribution in [0, 0.1) is 19.7 Å². The second-order valence-electron chi connectivity index (χ2n) is 6.25. The number of amides is 1. The fourth-order valence-electron chi connectivity index (χ4n) is 2.98. The van der Waals surface area contributed by atoms with Gasteiger partial charge in [-0.3, -0.25) is 4.79 Å². The van der Waals surface area contributed by atoms with Crippen LogP contribution in [0.5, 0.6) is 0 Å². The first-order valence-corrected chi connectivity index (χ1v) is 8.43. The standard InChI is InChI=1S/C21H16FN3O2/c1-12-7-3-6-10-17(12)23-20(26)15-11-18(14-8-4-5-9-16(14)22)24-21-19(15)13(2)25-27-21/h3-11H,1-2H3,(H,23,26). The summed E-state index contributed by atoms with van der Waals surface area (Å²) in [7, 11) is 0. The van der Waals surface area contributed by atoms with E-state index in [4.69, 9.17) is 4.52 Å². The van der Waals surface area contributed by atoms with E-state index in [1.54, 1.807) is 31.2 Å². The summed E-state index contributed by atoms with van der Waals surface area (Å²) in [6.45, 7) is 3.65. The van der Waals surface area contributed by atoms with Crippen LogP contribution in [0.3, 0.4) is 0 Å². The topological polar surface area (TPSA) is 68.0 Å². The molecule has 0 saturated carbocycles. The molecule has 27 heavy (non-hydrogen) atoms. The van der Waals surface area contributed by atoms with Crippen LogP contribution in [0.4, 0.5) is 10.1 Å². The normalized spacial score (nSPS) is 10.9. The number of nitrogens with one attached hydrogen (secondary N) is 1. The fraction of sp³-hybridized carbons (Fsp3) is 0.0952. The molecule has 0 radical (unpaired) electrons. The number of rotatable bonds is 3. The van der Waals surface area contributed by atoms with Gasteiger partial charge in [0.05, 0.1) is 22.3 Å². The van der Waals surface area contributed by atoms with Crippen LogP contribution in [-0.4, -0.2) is 16.0 Å². The zero-order valence-corrected chi connectivity index (χ0v) is 14.8. The van der Waals surface area contributed by atoms with Gasteiger partial charge < -0.3 is 9.84 Å². The van der Waals surface area contributed by atoms with E-state index in [1.165, 1.54) is 6.07 Å². The lowest BCUT2D eigenvalue weighted by atomic mass is 10.0. The minimum absolute atomic E-state index is 0.197. The summed E-state index contributed by atoms with van der Waals surface area (Å²) in [5.74, 6) is -0.758. The Morgan fingerprint density at radius 2 is 1.81 bits per heavy atom. The van der Waals surface area contributed by atoms with E-state index in [9.17, 15) is 9.18 Å². The average molecular weight is 361 g/mol. The van der Waals surface area contributed by atoms with Crippen molar-refractivity contribution >= 4 is 22.7 Å². The molecule has 0 aliphatic heterocycles. The largest absolute Gasteiger partial charge is 0.335 e. The molecule has 1 amide bonds. The van der Waals surface area contributed by atoms with Gasteiger partial charge in [-0.15, -0.1) is 0 Å². The highest BCUT2D eigenvalue weighted by molar-refractivity contribution is 6.13. The number of para-hydroxylation sites is 1. The highest BCUT2D eigenvalue weighted by Crippen LogP contribution is 2.29. The van der Waals surface area contributed by atoms with E-state index in [2.05, 4.69) is 15.5 Å². The van der Waals surface area contributed by atoms with Crippen LogP contribution in [0.1, 0.15) is 21.6 Å². The number of carbonyl (C=O) groups excluding carboxylic acids is 1. The summed E-state index contributed by atoms with van der Waals surface area (Å²) in [6.07, 6.45) is 0. The zero-order chi connectivity index (χ0) is 19.0. The summed E-state index contributed by atoms with van der Waals surface area (Å²) >= 11 is 0. The lowest BCUT2D eigenvalue weighted by Crippen LogP contribution is -2.14. The van der Waals surface area contributed by atoms with Crippen molar-refractivity contribution in [3.63, 3.8) is 0 Å². The SMILES string of the molecule is Cc1ccccc1NC(=O)c1cc(-c2ccccc2F)nc2onc(C)c12. The molecule has 6 heteroatoms. The summed E-state index contributed by atoms with van der Waals surface area (Å²) in [4.78, 5) is 17.3. The molecular weight excluding hydrogens is 345 g/mol. The molecule has 5 nitrogen and oxygen atoms in total. The van der Waals surface area contributed by atoms with E-state index in [0.717, 1.165) is 5.56 Å². The Hall–Kier alpha value is -3.54. The number of carbonyl (C=O) groups is 1. The Bertz CT molecular complexity index is 1170. The number of benzene rings is 2. The third-order valence-electron chi connectivity index (χ3n) is 4.40. The van der Waals surface area contributed by atoms with Gasteiger partial charge in [-0.2, -0.15) is 0 Å². The van der Waals surface area contributed by atoms with Crippen LogP contribution < -0.4 is 5.32 Å². The molecule has 0 spiro atoms. The van der Waals surface area contributed by atoms with Crippen molar-refractivity contribution < 1.29 is 13.7 Å². The second-order valence-corrected chi connectivity index (χ2v) is 6.25. The Balaban J connectivity index is 1.86. The second kappa shape index (κ2) is 6.64. The van der Waals surface area contributed by atoms with Gasteiger partial charge in [-0.25, -0.2) is 9.37 Å². The molecule has 1 N–H and O–H groups in total. The number of aryl methyl sites for hydroxylation is 2. The van der Waals surface area contributed by atoms with Crippen LogP contribution in [0.25, 0.3) is 22.4 Å². The summed E-state index contributed by atoms with van der Waals surface area (Å²) in [5, 5.41) is 7.32. The predicted molar refractivity (Wildman–Crippen MR) is 101 cm³/mol. The monoisotopic (exact) mass is 361 g/mol. The van der Waals surface area contributed by atoms with Crippen molar-refractivity contribution in [2.75, 3.05) is 5.32 Å². The van der Waals surface area contributed by atoms with Crippen molar-refractivity contribution in [1.29, 1.82) is 0 Å². The van der Waals surface area contributed by atoms with Gasteiger partial charge in [-0.1, -0.05) is 35.5 Å². The van der Waals surface area contributed by atoms with Crippen LogP contribution in [-0.2, 0) is 0 Å². The molecule has 0 saturated heterocycles. The van der Waals surface area contributed by atoms with Gasteiger partial charge in [0.1, 0.15) is 5.82 Å². The predicted octanol–water partition coefficient (Wildman–Crippen LogP) is 4.90. The quantitative estimate of drug-likeness (QED) is 0.564. The molecule has 0 fully saturated rings. The van der Waals surface area contributed by atoms with Crippen molar-refractivity contribution in [1.82, 2.24) is 10.1 Å². The summed E-state index contributed by atoms with van der Waals surface area (Å²) < 4.78 is 19.5. The molecule has 0 aliphatic rings. The maximum absolute atomic E-state index is 14.2. The lowest BCUT2D eigenvalue weighted by Gasteiger charge is -2.10. The number of anilines is 1. The number of fused-ring (bicyclic) bond motifs is 1. The first-order chi connectivity index (χ1) is 13.0. The van der Waals surface area contributed by atoms with Gasteiger partial charge in [0.2, 0.25) is 0 Å². The highest BCUT2D eigenvalue weighted by atomic mass is 19.1. The minimum Gasteiger partial charge on any atom is -0.335 e. The maximum Gasteiger partial charge on any atom is 0.259 e. The third kappa shape index (κ3) is 3.06. The van der Waals surface area contributed by atoms with Crippen LogP contribution in [0.2, 0.25) is 0 Å². The third-order valence-corrected chi connectivity index (χ3v) is 4.40. The Kier molecular flexibility index (Phi) is 4.16. The van der Waals surface area contributed by atoms with Gasteiger partial charge in [0.25, 0.3) is 11.6 Å². The van der Waals surface area contributed by atoms with Crippen molar-refractivity contribution in [3.8, 4) is 11.3 Å². The number of pyridine rings is 1. The molecular formula is C21H16FN3O2. The number of halogens is 1. The van der Waals surface area contributed by atoms with Gasteiger partial charge in [-0.05, 0) is 43.7 Å². The number of hydrogen-bond donors (Lipinski definition) is 1. The molecule has 0 aliphatic carbocycles. The maximum atomic E-state index is 14.2. The van der Waals surface area contributed by atoms with Gasteiger partial charge in [0, 0.05) is 11.3 Å². The Labute approximate surface area is 154 Å². The van der Waals surface area contributed by atoms with E-state index in [-0.39, 0.29) is 11.6 Å². The lowest BCUT2D eigenvalue weighted by molar-refractivity contribution is 0.102. The van der Waals surface area contributed by atoms with E-state index >= 15 is 0 Å². The molecule has 0 bridgehead atoms. The Morgan fingerprint density at radius 1 is 1.07 bits per heavy atom. The molecule has 2 aromatic carbocycles. The van der Waals surface area contributed by atoms with Gasteiger partial charge >= 0.3 is 0 Å². The fourth-order valence-corrected chi connectivity index (χ4v) is 2.98. The molecule has 0 atom stereocenters. The van der Waals surface area contributed by atoms with E-state index < -0.39 is 5.82 Å². The van der Waals surface area contributed by atoms with Crippen molar-refractivity contribution in [3.05, 3.63) is 77.2 Å². The molecule has 2 aromatic heterocycles. The smallest absolute Gasteiger partial charge is 0.259 e. The summed E-state index contributed by atoms with van der Waals surface area (Å²) in [6, 6.07) is 15.3. The molecule has 4 rings (SSSR count). The number of nitrogens with zero attached hydrogens (tertiary/aromatic N) is 2. The Morgan fingerprint density at radius 3 is 2.59 bits per heavy atom. The van der Waals surface area contributed by atoms with Crippen molar-refractivity contribution in [2.45, 2.75) is 13.8 Å². The van der Waals surface area contributed by atoms with E-state index in [0.29, 0.717) is 33.6 Å². The van der Waals surface area contributed by atoms with E-state index in [1.807, 2.05) is 31.2 Å². The van der Waals surface area contributed by atoms with Gasteiger partial charge in [0.15, 0.2) is 0 Å². The number of aromatic nitrogens is 2. The molecule has 4 aromatic rings. The minimum atomic E-state index is -0.425. The molecule has 2 heterocycles. The van der Waals surface area contributed by atoms with Crippen molar-refractivity contribution in [2.24, 2.45) is 0 Å². The zero-order valence-electron chi connectivity index (χ0n) is 14.8. The first kappa shape index (κ1) is 16.9. The van der Waals surface area contributed by atoms with Crippen LogP contribution in [0.15, 0.2) is 59.1 Å². The highest BCUT2D eigenvalue weighted by Gasteiger charge is 2.20. The molecule has 0 unspecified atom stereocenters. The molecule has 134 valence electrons. The first-order valence-electron chi connectivity index (χ1n) is 8.43. The average Bonchev–Trinajstić information content (AvgIpc) is 3.04. The number of hydrogen-bond acceptors (Lipinski definition) is 4.